The maximum Gasteiger partial charge on any atom is 0.287 e. The van der Waals surface area contributed by atoms with E-state index in [0.29, 0.717) is 25.7 Å². The molecule has 4 rings (SSSR count). The molecule has 1 aromatic heterocycles. The first-order valence-corrected chi connectivity index (χ1v) is 13.3. The van der Waals surface area contributed by atoms with Crippen LogP contribution in [-0.4, -0.2) is 96.3 Å². The van der Waals surface area contributed by atoms with Gasteiger partial charge in [0.1, 0.15) is 6.61 Å². The van der Waals surface area contributed by atoms with E-state index in [-0.39, 0.29) is 38.3 Å². The topological polar surface area (TPSA) is 201 Å². The summed E-state index contributed by atoms with van der Waals surface area (Å²) in [5.41, 5.74) is 0. The number of ether oxygens (including phenoxy) is 1. The third-order valence-corrected chi connectivity index (χ3v) is 7.83. The van der Waals surface area contributed by atoms with Gasteiger partial charge in [-0.1, -0.05) is 12.8 Å². The number of amides is 4. The van der Waals surface area contributed by atoms with Gasteiger partial charge in [-0.25, -0.2) is 0 Å². The summed E-state index contributed by atoms with van der Waals surface area (Å²) in [7, 11) is 1.34. The van der Waals surface area contributed by atoms with E-state index in [9.17, 15) is 39.0 Å². The number of methoxy groups -OCH3 is 1. The minimum Gasteiger partial charge on any atom is -0.548 e. The molecule has 6 atom stereocenters. The number of aliphatic carboxylic acids is 2. The summed E-state index contributed by atoms with van der Waals surface area (Å²) in [4.78, 5) is 77.9. The summed E-state index contributed by atoms with van der Waals surface area (Å²) < 4.78 is 9.85. The summed E-state index contributed by atoms with van der Waals surface area (Å²) in [5, 5.41) is 29.1. The number of nitrogens with zero attached hydrogens (tertiary/aromatic N) is 2. The number of carbonyl (C=O) groups excluding carboxylic acids is 6. The second kappa shape index (κ2) is 12.5. The van der Waals surface area contributed by atoms with Crippen LogP contribution in [0.3, 0.4) is 0 Å². The summed E-state index contributed by atoms with van der Waals surface area (Å²) in [5.74, 6) is -6.79. The quantitative estimate of drug-likeness (QED) is 0.314. The van der Waals surface area contributed by atoms with Crippen LogP contribution in [0.15, 0.2) is 22.8 Å². The summed E-state index contributed by atoms with van der Waals surface area (Å²) >= 11 is 0. The van der Waals surface area contributed by atoms with Crippen LogP contribution in [0.1, 0.15) is 49.1 Å². The van der Waals surface area contributed by atoms with Crippen molar-refractivity contribution in [3.8, 4) is 0 Å². The molecule has 1 aliphatic carbocycles. The van der Waals surface area contributed by atoms with E-state index in [0.717, 1.165) is 9.80 Å². The number of hydrogen-bond acceptors (Lipinski definition) is 10. The van der Waals surface area contributed by atoms with Crippen LogP contribution in [0, 0.1) is 11.8 Å². The highest BCUT2D eigenvalue weighted by Gasteiger charge is 2.47. The van der Waals surface area contributed by atoms with E-state index in [1.165, 1.54) is 25.5 Å². The Morgan fingerprint density at radius 2 is 1.43 bits per heavy atom. The van der Waals surface area contributed by atoms with Crippen molar-refractivity contribution in [2.45, 2.75) is 62.7 Å². The van der Waals surface area contributed by atoms with Gasteiger partial charge in [0.05, 0.1) is 30.3 Å². The van der Waals surface area contributed by atoms with E-state index < -0.39 is 71.6 Å². The highest BCUT2D eigenvalue weighted by molar-refractivity contribution is 5.93. The third-order valence-electron chi connectivity index (χ3n) is 7.83. The first kappa shape index (κ1) is 29.1. The fourth-order valence-corrected chi connectivity index (χ4v) is 6.03. The van der Waals surface area contributed by atoms with Gasteiger partial charge in [0.15, 0.2) is 5.76 Å². The molecular formula is C26H32N4O10-2. The predicted molar refractivity (Wildman–Crippen MR) is 129 cm³/mol. The monoisotopic (exact) mass is 560 g/mol. The largest absolute Gasteiger partial charge is 0.548 e. The Hall–Kier alpha value is -3.94. The molecule has 1 aromatic rings. The van der Waals surface area contributed by atoms with Crippen molar-refractivity contribution in [2.75, 3.05) is 26.8 Å². The lowest BCUT2D eigenvalue weighted by Gasteiger charge is -2.37. The molecule has 0 aromatic carbocycles. The van der Waals surface area contributed by atoms with Gasteiger partial charge < -0.3 is 49.4 Å². The Labute approximate surface area is 230 Å². The van der Waals surface area contributed by atoms with Gasteiger partial charge in [0, 0.05) is 44.1 Å². The normalized spacial score (nSPS) is 28.2. The Kier molecular flexibility index (Phi) is 9.07. The average molecular weight is 561 g/mol. The van der Waals surface area contributed by atoms with E-state index >= 15 is 0 Å². The molecule has 0 radical (unpaired) electrons. The van der Waals surface area contributed by atoms with Crippen molar-refractivity contribution in [1.29, 1.82) is 0 Å². The first-order chi connectivity index (χ1) is 19.1. The number of carbonyl (C=O) groups is 6. The molecule has 3 heterocycles. The number of rotatable bonds is 9. The van der Waals surface area contributed by atoms with Crippen molar-refractivity contribution in [3.05, 3.63) is 24.2 Å². The maximum absolute atomic E-state index is 13.7. The summed E-state index contributed by atoms with van der Waals surface area (Å²) in [6.45, 7) is -0.394. The maximum atomic E-state index is 13.7. The van der Waals surface area contributed by atoms with Gasteiger partial charge in [-0.05, 0) is 37.8 Å². The van der Waals surface area contributed by atoms with Crippen LogP contribution in [0.4, 0.5) is 0 Å². The average Bonchev–Trinajstić information content (AvgIpc) is 3.68. The molecule has 1 saturated carbocycles. The molecule has 218 valence electrons. The lowest BCUT2D eigenvalue weighted by Crippen LogP contribution is -2.54. The van der Waals surface area contributed by atoms with E-state index in [2.05, 4.69) is 10.6 Å². The van der Waals surface area contributed by atoms with E-state index in [1.54, 1.807) is 0 Å². The molecule has 3 aliphatic rings. The molecular weight excluding hydrogens is 528 g/mol. The van der Waals surface area contributed by atoms with Crippen molar-refractivity contribution in [3.63, 3.8) is 0 Å². The lowest BCUT2D eigenvalue weighted by molar-refractivity contribution is -0.312. The summed E-state index contributed by atoms with van der Waals surface area (Å²) in [6, 6.07) is -0.929. The van der Waals surface area contributed by atoms with Crippen molar-refractivity contribution in [2.24, 2.45) is 11.8 Å². The van der Waals surface area contributed by atoms with Gasteiger partial charge in [0.2, 0.25) is 17.7 Å². The second-order valence-corrected chi connectivity index (χ2v) is 10.5. The minimum atomic E-state index is -1.48. The fourth-order valence-electron chi connectivity index (χ4n) is 6.03. The second-order valence-electron chi connectivity index (χ2n) is 10.5. The van der Waals surface area contributed by atoms with E-state index in [1.807, 2.05) is 0 Å². The molecule has 4 amide bonds. The summed E-state index contributed by atoms with van der Waals surface area (Å²) in [6.07, 6.45) is 3.08. The van der Waals surface area contributed by atoms with E-state index in [4.69, 9.17) is 9.15 Å². The van der Waals surface area contributed by atoms with Gasteiger partial charge in [-0.15, -0.1) is 0 Å². The zero-order chi connectivity index (χ0) is 29.0. The Morgan fingerprint density at radius 1 is 0.900 bits per heavy atom. The van der Waals surface area contributed by atoms with Crippen LogP contribution >= 0.6 is 0 Å². The number of hydrogen-bond donors (Lipinski definition) is 2. The minimum absolute atomic E-state index is 0.0394. The lowest BCUT2D eigenvalue weighted by atomic mass is 9.77. The van der Waals surface area contributed by atoms with Crippen LogP contribution in [0.5, 0.6) is 0 Å². The molecule has 2 aliphatic heterocycles. The van der Waals surface area contributed by atoms with Gasteiger partial charge in [0.25, 0.3) is 5.91 Å². The molecule has 14 nitrogen and oxygen atoms in total. The molecule has 2 saturated heterocycles. The van der Waals surface area contributed by atoms with Gasteiger partial charge >= 0.3 is 0 Å². The molecule has 2 N–H and O–H groups in total. The molecule has 40 heavy (non-hydrogen) atoms. The smallest absolute Gasteiger partial charge is 0.287 e. The Morgan fingerprint density at radius 3 is 1.88 bits per heavy atom. The number of carboxylic acids is 2. The van der Waals surface area contributed by atoms with Crippen LogP contribution in [-0.2, 0) is 28.7 Å². The molecule has 14 heteroatoms. The zero-order valence-electron chi connectivity index (χ0n) is 22.0. The predicted octanol–water partition coefficient (Wildman–Crippen LogP) is -2.98. The van der Waals surface area contributed by atoms with Crippen molar-refractivity contribution >= 4 is 35.6 Å². The van der Waals surface area contributed by atoms with Gasteiger partial charge in [-0.3, -0.25) is 19.2 Å². The molecule has 0 bridgehead atoms. The molecule has 0 spiro atoms. The molecule has 0 unspecified atom stereocenters. The van der Waals surface area contributed by atoms with Crippen molar-refractivity contribution < 1.29 is 48.1 Å². The third kappa shape index (κ3) is 6.27. The Bertz CT molecular complexity index is 1140. The van der Waals surface area contributed by atoms with Crippen LogP contribution in [0.25, 0.3) is 0 Å². The number of furan rings is 1. The van der Waals surface area contributed by atoms with Crippen LogP contribution in [0.2, 0.25) is 0 Å². The fraction of sp³-hybridized carbons (Fsp3) is 0.615. The Balaban J connectivity index is 1.48. The number of carboxylic acid groups (broad SMARTS) is 2. The number of nitrogens with one attached hydrogen (secondary N) is 2. The SMILES string of the molecule is COCC(=O)N[C@H]1C[C@@H](C(=O)[O-])N(C(=O)[C@@H]2CCCC[C@@H]2C(=O)N2C[C@@H](NC(=O)c3ccco3)C[C@H]2C(=O)[O-])C1. The molecule has 3 fully saturated rings. The standard InChI is InChI=1S/C26H34N4O10/c1-39-13-21(31)27-14-9-18(25(35)36)29(11-14)23(33)16-5-2-3-6-17(16)24(34)30-12-15(10-19(30)26(37)38)28-22(32)20-7-4-8-40-20/h4,7-8,14-19H,2-3,5-6,9-13H2,1H3,(H,27,31)(H,28,32)(H,35,36)(H,37,38)/p-2/t14-,15-,16+,17-,18-,19-/m0/s1. The highest BCUT2D eigenvalue weighted by Crippen LogP contribution is 2.36. The highest BCUT2D eigenvalue weighted by atomic mass is 16.5. The van der Waals surface area contributed by atoms with Crippen molar-refractivity contribution in [1.82, 2.24) is 20.4 Å². The van der Waals surface area contributed by atoms with Gasteiger partial charge in [-0.2, -0.15) is 0 Å². The zero-order valence-corrected chi connectivity index (χ0v) is 22.0. The number of likely N-dealkylation sites (tertiary alicyclic amines) is 2. The first-order valence-electron chi connectivity index (χ1n) is 13.3. The van der Waals surface area contributed by atoms with Crippen LogP contribution < -0.4 is 20.8 Å².